The monoisotopic (exact) mass is 248 g/mol. The highest BCUT2D eigenvalue weighted by Gasteiger charge is 2.05. The largest absolute Gasteiger partial charge is 0.230 e. The molecule has 0 amide bonds. The van der Waals surface area contributed by atoms with Crippen molar-refractivity contribution < 1.29 is 0 Å². The summed E-state index contributed by atoms with van der Waals surface area (Å²) >= 11 is 9.05. The van der Waals surface area contributed by atoms with Crippen molar-refractivity contribution in [3.63, 3.8) is 0 Å². The molecule has 1 aromatic heterocycles. The average molecular weight is 249 g/mol. The van der Waals surface area contributed by atoms with Crippen LogP contribution in [0.15, 0.2) is 22.4 Å². The van der Waals surface area contributed by atoms with Crippen LogP contribution in [0, 0.1) is 0 Å². The van der Waals surface area contributed by atoms with E-state index >= 15 is 0 Å². The first kappa shape index (κ1) is 12.1. The Kier molecular flexibility index (Phi) is 5.67. The highest BCUT2D eigenvalue weighted by molar-refractivity contribution is 8.00. The van der Waals surface area contributed by atoms with E-state index in [0.717, 1.165) is 16.5 Å². The Morgan fingerprint density at radius 2 is 2.14 bits per heavy atom. The first-order valence-electron chi connectivity index (χ1n) is 4.35. The van der Waals surface area contributed by atoms with Gasteiger partial charge < -0.3 is 0 Å². The van der Waals surface area contributed by atoms with Crippen molar-refractivity contribution in [2.24, 2.45) is 0 Å². The molecule has 0 aliphatic carbocycles. The van der Waals surface area contributed by atoms with Crippen LogP contribution in [0.3, 0.4) is 0 Å². The van der Waals surface area contributed by atoms with Gasteiger partial charge in [0.05, 0.1) is 0 Å². The van der Waals surface area contributed by atoms with E-state index in [-0.39, 0.29) is 0 Å². The fourth-order valence-electron chi connectivity index (χ4n) is 0.918. The molecule has 78 valence electrons. The Balaban J connectivity index is 2.57. The predicted molar refractivity (Wildman–Crippen MR) is 64.5 cm³/mol. The van der Waals surface area contributed by atoms with Crippen LogP contribution in [0.4, 0.5) is 0 Å². The van der Waals surface area contributed by atoms with E-state index in [0.29, 0.717) is 11.1 Å². The summed E-state index contributed by atoms with van der Waals surface area (Å²) in [7, 11) is 0. The summed E-state index contributed by atoms with van der Waals surface area (Å²) in [5.74, 6) is 0.703. The number of halogens is 1. The number of nitrogens with zero attached hydrogens (tertiary/aromatic N) is 2. The van der Waals surface area contributed by atoms with Crippen LogP contribution in [-0.4, -0.2) is 27.4 Å². The fraction of sp³-hybridized carbons (Fsp3) is 0.556. The minimum absolute atomic E-state index is 0.511. The van der Waals surface area contributed by atoms with Crippen LogP contribution < -0.4 is 0 Å². The second-order valence-corrected chi connectivity index (χ2v) is 5.47. The number of hydrogen-bond donors (Lipinski definition) is 0. The zero-order valence-corrected chi connectivity index (χ0v) is 10.6. The van der Waals surface area contributed by atoms with E-state index in [9.17, 15) is 0 Å². The lowest BCUT2D eigenvalue weighted by atomic mass is 10.4. The molecule has 0 radical (unpaired) electrons. The van der Waals surface area contributed by atoms with E-state index in [1.807, 2.05) is 12.3 Å². The summed E-state index contributed by atoms with van der Waals surface area (Å²) in [5.41, 5.74) is 0. The molecule has 1 rings (SSSR count). The maximum absolute atomic E-state index is 5.67. The molecule has 0 N–H and O–H groups in total. The van der Waals surface area contributed by atoms with Crippen molar-refractivity contribution in [1.29, 1.82) is 0 Å². The molecule has 1 atom stereocenters. The third kappa shape index (κ3) is 4.07. The summed E-state index contributed by atoms with van der Waals surface area (Å²) in [4.78, 5) is 8.33. The summed E-state index contributed by atoms with van der Waals surface area (Å²) in [6.07, 6.45) is 4.63. The molecule has 1 heterocycles. The van der Waals surface area contributed by atoms with Gasteiger partial charge in [-0.2, -0.15) is 0 Å². The minimum Gasteiger partial charge on any atom is -0.230 e. The first-order chi connectivity index (χ1) is 6.76. The Bertz CT molecular complexity index is 283. The number of hydrogen-bond acceptors (Lipinski definition) is 4. The van der Waals surface area contributed by atoms with Gasteiger partial charge in [0.2, 0.25) is 0 Å². The molecule has 14 heavy (non-hydrogen) atoms. The summed E-state index contributed by atoms with van der Waals surface area (Å²) in [5, 5.41) is 2.56. The molecule has 0 spiro atoms. The Morgan fingerprint density at radius 3 is 2.79 bits per heavy atom. The van der Waals surface area contributed by atoms with Crippen molar-refractivity contribution in [2.75, 3.05) is 12.1 Å². The molecule has 1 unspecified atom stereocenters. The molecule has 0 saturated carbocycles. The highest BCUT2D eigenvalue weighted by atomic mass is 35.5. The van der Waals surface area contributed by atoms with Crippen molar-refractivity contribution in [3.8, 4) is 0 Å². The second kappa shape index (κ2) is 6.53. The molecular formula is C9H13ClN2S2. The van der Waals surface area contributed by atoms with Crippen LogP contribution >= 0.6 is 35.1 Å². The highest BCUT2D eigenvalue weighted by Crippen LogP contribution is 2.25. The molecule has 0 saturated heterocycles. The maximum atomic E-state index is 5.67. The lowest BCUT2D eigenvalue weighted by Gasteiger charge is -2.08. The number of thioether (sulfide) groups is 2. The minimum atomic E-state index is 0.511. The van der Waals surface area contributed by atoms with Crippen molar-refractivity contribution in [3.05, 3.63) is 12.4 Å². The van der Waals surface area contributed by atoms with Gasteiger partial charge in [0, 0.05) is 17.2 Å². The quantitative estimate of drug-likeness (QED) is 0.454. The Labute approximate surface area is 98.2 Å². The summed E-state index contributed by atoms with van der Waals surface area (Å²) in [6, 6.07) is 2.01. The molecule has 0 aliphatic heterocycles. The standard InChI is InChI=1S/C9H13ClN2S2/c1-7(3-4-10)14-9-5-8(13-2)11-6-12-9/h5-7H,3-4H2,1-2H3. The zero-order chi connectivity index (χ0) is 10.4. The van der Waals surface area contributed by atoms with E-state index < -0.39 is 0 Å². The van der Waals surface area contributed by atoms with Gasteiger partial charge in [0.15, 0.2) is 0 Å². The van der Waals surface area contributed by atoms with Gasteiger partial charge in [-0.1, -0.05) is 6.92 Å². The summed E-state index contributed by atoms with van der Waals surface area (Å²) in [6.45, 7) is 2.16. The third-order valence-electron chi connectivity index (χ3n) is 1.66. The lowest BCUT2D eigenvalue weighted by Crippen LogP contribution is -1.97. The molecule has 0 fully saturated rings. The lowest BCUT2D eigenvalue weighted by molar-refractivity contribution is 0.897. The van der Waals surface area contributed by atoms with Gasteiger partial charge in [-0.25, -0.2) is 9.97 Å². The Morgan fingerprint density at radius 1 is 1.43 bits per heavy atom. The van der Waals surface area contributed by atoms with Gasteiger partial charge >= 0.3 is 0 Å². The third-order valence-corrected chi connectivity index (χ3v) is 3.63. The normalized spacial score (nSPS) is 12.8. The van der Waals surface area contributed by atoms with E-state index in [2.05, 4.69) is 16.9 Å². The fourth-order valence-corrected chi connectivity index (χ4v) is 2.77. The molecule has 1 aromatic rings. The number of rotatable bonds is 5. The number of alkyl halides is 1. The molecule has 0 aliphatic rings. The smallest absolute Gasteiger partial charge is 0.117 e. The topological polar surface area (TPSA) is 25.8 Å². The van der Waals surface area contributed by atoms with Crippen molar-refractivity contribution in [2.45, 2.75) is 28.6 Å². The zero-order valence-electron chi connectivity index (χ0n) is 8.24. The van der Waals surface area contributed by atoms with Gasteiger partial charge in [0.25, 0.3) is 0 Å². The Hall–Kier alpha value is 0.0700. The van der Waals surface area contributed by atoms with Gasteiger partial charge in [-0.3, -0.25) is 0 Å². The van der Waals surface area contributed by atoms with E-state index in [1.165, 1.54) is 0 Å². The average Bonchev–Trinajstić information content (AvgIpc) is 2.18. The van der Waals surface area contributed by atoms with Gasteiger partial charge in [0.1, 0.15) is 16.4 Å². The molecule has 0 aromatic carbocycles. The van der Waals surface area contributed by atoms with Crippen LogP contribution in [0.2, 0.25) is 0 Å². The summed E-state index contributed by atoms with van der Waals surface area (Å²) < 4.78 is 0. The number of aromatic nitrogens is 2. The van der Waals surface area contributed by atoms with Gasteiger partial charge in [-0.05, 0) is 12.7 Å². The first-order valence-corrected chi connectivity index (χ1v) is 6.98. The van der Waals surface area contributed by atoms with Crippen molar-refractivity contribution in [1.82, 2.24) is 9.97 Å². The van der Waals surface area contributed by atoms with Gasteiger partial charge in [-0.15, -0.1) is 35.1 Å². The molecule has 2 nitrogen and oxygen atoms in total. The van der Waals surface area contributed by atoms with Crippen LogP contribution in [-0.2, 0) is 0 Å². The van der Waals surface area contributed by atoms with Crippen LogP contribution in [0.5, 0.6) is 0 Å². The van der Waals surface area contributed by atoms with Crippen LogP contribution in [0.1, 0.15) is 13.3 Å². The molecular weight excluding hydrogens is 236 g/mol. The maximum Gasteiger partial charge on any atom is 0.117 e. The molecule has 0 bridgehead atoms. The molecule has 5 heteroatoms. The van der Waals surface area contributed by atoms with E-state index in [1.54, 1.807) is 29.9 Å². The van der Waals surface area contributed by atoms with Crippen molar-refractivity contribution >= 4 is 35.1 Å². The second-order valence-electron chi connectivity index (χ2n) is 2.80. The van der Waals surface area contributed by atoms with E-state index in [4.69, 9.17) is 11.6 Å². The predicted octanol–water partition coefficient (Wildman–Crippen LogP) is 3.31. The van der Waals surface area contributed by atoms with Crippen LogP contribution in [0.25, 0.3) is 0 Å². The SMILES string of the molecule is CSc1cc(SC(C)CCCl)ncn1.